The number of rotatable bonds is 9. The molecule has 1 amide bonds. The summed E-state index contributed by atoms with van der Waals surface area (Å²) in [5.41, 5.74) is 1.13. The first-order valence-electron chi connectivity index (χ1n) is 8.88. The molecule has 0 aliphatic carbocycles. The number of hydrogen-bond acceptors (Lipinski definition) is 5. The maximum absolute atomic E-state index is 12.3. The number of carbonyl (C=O) groups excluding carboxylic acids is 2. The second kappa shape index (κ2) is 10.6. The lowest BCUT2D eigenvalue weighted by Crippen LogP contribution is -2.28. The zero-order chi connectivity index (χ0) is 20.5. The molecular formula is C21H24ClNO5. The van der Waals surface area contributed by atoms with Crippen LogP contribution in [0.15, 0.2) is 42.5 Å². The topological polar surface area (TPSA) is 73.9 Å². The average Bonchev–Trinajstić information content (AvgIpc) is 2.69. The molecule has 0 atom stereocenters. The van der Waals surface area contributed by atoms with E-state index in [4.69, 9.17) is 25.8 Å². The number of nitrogens with one attached hydrogen (secondary N) is 1. The molecule has 0 aromatic heterocycles. The number of amides is 1. The van der Waals surface area contributed by atoms with Gasteiger partial charge in [-0.15, -0.1) is 0 Å². The Labute approximate surface area is 169 Å². The zero-order valence-electron chi connectivity index (χ0n) is 16.2. The van der Waals surface area contributed by atoms with Crippen LogP contribution in [0.3, 0.4) is 0 Å². The van der Waals surface area contributed by atoms with E-state index in [1.54, 1.807) is 0 Å². The van der Waals surface area contributed by atoms with Crippen LogP contribution in [0.5, 0.6) is 11.5 Å². The fourth-order valence-electron chi connectivity index (χ4n) is 2.29. The highest BCUT2D eigenvalue weighted by Crippen LogP contribution is 2.36. The summed E-state index contributed by atoms with van der Waals surface area (Å²) in [5, 5.41) is 2.93. The van der Waals surface area contributed by atoms with Crippen LogP contribution in [0.2, 0.25) is 5.02 Å². The first-order chi connectivity index (χ1) is 13.4. The van der Waals surface area contributed by atoms with Crippen molar-refractivity contribution in [3.8, 4) is 11.5 Å². The SMILES string of the molecule is COc1cc(C(=O)OCC(=O)NCc2ccccc2)cc(Cl)c1OCC(C)C. The number of carbonyl (C=O) groups is 2. The predicted octanol–water partition coefficient (Wildman–Crippen LogP) is 3.86. The predicted molar refractivity (Wildman–Crippen MR) is 107 cm³/mol. The van der Waals surface area contributed by atoms with E-state index in [1.165, 1.54) is 19.2 Å². The van der Waals surface area contributed by atoms with Gasteiger partial charge >= 0.3 is 5.97 Å². The Morgan fingerprint density at radius 3 is 2.50 bits per heavy atom. The number of hydrogen-bond donors (Lipinski definition) is 1. The number of ether oxygens (including phenoxy) is 3. The maximum Gasteiger partial charge on any atom is 0.338 e. The highest BCUT2D eigenvalue weighted by molar-refractivity contribution is 6.32. The van der Waals surface area contributed by atoms with Gasteiger partial charge in [0, 0.05) is 6.54 Å². The third-order valence-electron chi connectivity index (χ3n) is 3.69. The smallest absolute Gasteiger partial charge is 0.338 e. The van der Waals surface area contributed by atoms with Crippen LogP contribution in [0.25, 0.3) is 0 Å². The van der Waals surface area contributed by atoms with Crippen molar-refractivity contribution in [3.63, 3.8) is 0 Å². The molecule has 2 rings (SSSR count). The van der Waals surface area contributed by atoms with Gasteiger partial charge < -0.3 is 19.5 Å². The van der Waals surface area contributed by atoms with Crippen LogP contribution in [0.1, 0.15) is 29.8 Å². The molecule has 0 spiro atoms. The van der Waals surface area contributed by atoms with E-state index in [0.29, 0.717) is 30.6 Å². The van der Waals surface area contributed by atoms with Crippen LogP contribution < -0.4 is 14.8 Å². The molecular weight excluding hydrogens is 382 g/mol. The van der Waals surface area contributed by atoms with Crippen molar-refractivity contribution >= 4 is 23.5 Å². The summed E-state index contributed by atoms with van der Waals surface area (Å²) in [7, 11) is 1.46. The molecule has 0 aliphatic rings. The van der Waals surface area contributed by atoms with E-state index in [2.05, 4.69) is 5.32 Å². The summed E-state index contributed by atoms with van der Waals surface area (Å²) < 4.78 is 16.0. The number of halogens is 1. The minimum absolute atomic E-state index is 0.176. The highest BCUT2D eigenvalue weighted by Gasteiger charge is 2.18. The normalized spacial score (nSPS) is 10.5. The Kier molecular flexibility index (Phi) is 8.14. The summed E-state index contributed by atoms with van der Waals surface area (Å²) >= 11 is 6.23. The van der Waals surface area contributed by atoms with E-state index in [0.717, 1.165) is 5.56 Å². The van der Waals surface area contributed by atoms with E-state index < -0.39 is 18.5 Å². The van der Waals surface area contributed by atoms with Crippen molar-refractivity contribution in [1.82, 2.24) is 5.32 Å². The largest absolute Gasteiger partial charge is 0.493 e. The molecule has 2 aromatic rings. The fraction of sp³-hybridized carbons (Fsp3) is 0.333. The number of benzene rings is 2. The second-order valence-electron chi connectivity index (χ2n) is 6.53. The monoisotopic (exact) mass is 405 g/mol. The summed E-state index contributed by atoms with van der Waals surface area (Å²) in [6.45, 7) is 4.45. The Morgan fingerprint density at radius 2 is 1.86 bits per heavy atom. The Balaban J connectivity index is 1.94. The molecule has 6 nitrogen and oxygen atoms in total. The Bertz CT molecular complexity index is 808. The Hall–Kier alpha value is -2.73. The van der Waals surface area contributed by atoms with Gasteiger partial charge in [0.2, 0.25) is 0 Å². The summed E-state index contributed by atoms with van der Waals surface area (Å²) in [5.74, 6) is -0.0684. The molecule has 0 fully saturated rings. The standard InChI is InChI=1S/C21H24ClNO5/c1-14(2)12-27-20-17(22)9-16(10-18(20)26-3)21(25)28-13-19(24)23-11-15-7-5-4-6-8-15/h4-10,14H,11-13H2,1-3H3,(H,23,24). The first kappa shape index (κ1) is 21.6. The van der Waals surface area contributed by atoms with Crippen molar-refractivity contribution in [2.45, 2.75) is 20.4 Å². The number of esters is 1. The van der Waals surface area contributed by atoms with Crippen LogP contribution in [0, 0.1) is 5.92 Å². The zero-order valence-corrected chi connectivity index (χ0v) is 16.9. The van der Waals surface area contributed by atoms with E-state index in [9.17, 15) is 9.59 Å². The van der Waals surface area contributed by atoms with Crippen molar-refractivity contribution in [1.29, 1.82) is 0 Å². The number of methoxy groups -OCH3 is 1. The summed E-state index contributed by atoms with van der Waals surface area (Å²) in [6, 6.07) is 12.4. The lowest BCUT2D eigenvalue weighted by Gasteiger charge is -2.15. The molecule has 0 radical (unpaired) electrons. The van der Waals surface area contributed by atoms with Crippen LogP contribution >= 0.6 is 11.6 Å². The Morgan fingerprint density at radius 1 is 1.14 bits per heavy atom. The minimum atomic E-state index is -0.675. The maximum atomic E-state index is 12.3. The van der Waals surface area contributed by atoms with Gasteiger partial charge in [-0.05, 0) is 23.6 Å². The summed E-state index contributed by atoms with van der Waals surface area (Å²) in [6.07, 6.45) is 0. The quantitative estimate of drug-likeness (QED) is 0.641. The average molecular weight is 406 g/mol. The lowest BCUT2D eigenvalue weighted by atomic mass is 10.2. The molecule has 0 heterocycles. The molecule has 1 N–H and O–H groups in total. The third kappa shape index (κ3) is 6.46. The molecule has 0 bridgehead atoms. The molecule has 28 heavy (non-hydrogen) atoms. The van der Waals surface area contributed by atoms with Gasteiger partial charge in [0.15, 0.2) is 18.1 Å². The lowest BCUT2D eigenvalue weighted by molar-refractivity contribution is -0.124. The van der Waals surface area contributed by atoms with Crippen molar-refractivity contribution in [2.75, 3.05) is 20.3 Å². The van der Waals surface area contributed by atoms with Gasteiger partial charge in [-0.1, -0.05) is 55.8 Å². The minimum Gasteiger partial charge on any atom is -0.493 e. The highest BCUT2D eigenvalue weighted by atomic mass is 35.5. The van der Waals surface area contributed by atoms with Gasteiger partial charge in [-0.3, -0.25) is 4.79 Å². The van der Waals surface area contributed by atoms with Crippen molar-refractivity contribution in [2.24, 2.45) is 5.92 Å². The molecule has 0 unspecified atom stereocenters. The van der Waals surface area contributed by atoms with Gasteiger partial charge in [0.05, 0.1) is 24.3 Å². The molecule has 0 saturated carbocycles. The van der Waals surface area contributed by atoms with Crippen LogP contribution in [0.4, 0.5) is 0 Å². The molecule has 0 aliphatic heterocycles. The van der Waals surface area contributed by atoms with Crippen molar-refractivity contribution in [3.05, 3.63) is 58.6 Å². The van der Waals surface area contributed by atoms with E-state index in [-0.39, 0.29) is 10.6 Å². The van der Waals surface area contributed by atoms with Crippen LogP contribution in [-0.4, -0.2) is 32.2 Å². The molecule has 2 aromatic carbocycles. The fourth-order valence-corrected chi connectivity index (χ4v) is 2.55. The third-order valence-corrected chi connectivity index (χ3v) is 3.97. The molecule has 0 saturated heterocycles. The van der Waals surface area contributed by atoms with Gasteiger partial charge in [-0.2, -0.15) is 0 Å². The first-order valence-corrected chi connectivity index (χ1v) is 9.26. The second-order valence-corrected chi connectivity index (χ2v) is 6.94. The van der Waals surface area contributed by atoms with Gasteiger partial charge in [0.25, 0.3) is 5.91 Å². The van der Waals surface area contributed by atoms with Gasteiger partial charge in [-0.25, -0.2) is 4.79 Å². The van der Waals surface area contributed by atoms with Gasteiger partial charge in [0.1, 0.15) is 0 Å². The molecule has 7 heteroatoms. The summed E-state index contributed by atoms with van der Waals surface area (Å²) in [4.78, 5) is 24.2. The van der Waals surface area contributed by atoms with E-state index in [1.807, 2.05) is 44.2 Å². The molecule has 150 valence electrons. The van der Waals surface area contributed by atoms with Crippen LogP contribution in [-0.2, 0) is 16.1 Å². The van der Waals surface area contributed by atoms with E-state index >= 15 is 0 Å². The van der Waals surface area contributed by atoms with Crippen molar-refractivity contribution < 1.29 is 23.8 Å².